The van der Waals surface area contributed by atoms with E-state index in [0.717, 1.165) is 51.0 Å². The maximum atomic E-state index is 17.0. The van der Waals surface area contributed by atoms with Crippen LogP contribution in [-0.4, -0.2) is 83.0 Å². The smallest absolute Gasteiger partial charge is 0.409 e. The molecule has 0 aromatic heterocycles. The molecule has 9 heteroatoms. The van der Waals surface area contributed by atoms with Gasteiger partial charge in [-0.25, -0.2) is 14.0 Å². The number of unbranched alkanes of at least 4 members (excludes halogenated alkanes) is 1. The monoisotopic (exact) mass is 619 g/mol. The predicted octanol–water partition coefficient (Wildman–Crippen LogP) is 7.84. The van der Waals surface area contributed by atoms with Crippen LogP contribution in [0.3, 0.4) is 0 Å². The summed E-state index contributed by atoms with van der Waals surface area (Å²) < 4.78 is 27.8. The largest absolute Gasteiger partial charge is 0.450 e. The number of likely N-dealkylation sites (tertiary alicyclic amines) is 1. The Morgan fingerprint density at radius 2 is 1.79 bits per heavy atom. The van der Waals surface area contributed by atoms with E-state index in [2.05, 4.69) is 25.0 Å². The van der Waals surface area contributed by atoms with Crippen LogP contribution in [0, 0.1) is 11.8 Å². The Bertz CT molecular complexity index is 972. The van der Waals surface area contributed by atoms with Gasteiger partial charge >= 0.3 is 12.1 Å². The molecule has 43 heavy (non-hydrogen) atoms. The van der Waals surface area contributed by atoms with Crippen molar-refractivity contribution in [3.63, 3.8) is 0 Å². The fourth-order valence-corrected chi connectivity index (χ4v) is 7.41. The second-order valence-corrected chi connectivity index (χ2v) is 19.8. The van der Waals surface area contributed by atoms with Crippen molar-refractivity contribution in [2.75, 3.05) is 47.0 Å². The summed E-state index contributed by atoms with van der Waals surface area (Å²) in [5, 5.41) is 3.28. The van der Waals surface area contributed by atoms with Crippen molar-refractivity contribution in [3.8, 4) is 0 Å². The van der Waals surface area contributed by atoms with Crippen LogP contribution in [0.25, 0.3) is 0 Å². The van der Waals surface area contributed by atoms with Crippen LogP contribution in [0.1, 0.15) is 76.2 Å². The van der Waals surface area contributed by atoms with Gasteiger partial charge in [-0.15, -0.1) is 0 Å². The summed E-state index contributed by atoms with van der Waals surface area (Å²) in [6.45, 7) is 9.24. The lowest BCUT2D eigenvalue weighted by Crippen LogP contribution is -2.54. The summed E-state index contributed by atoms with van der Waals surface area (Å²) in [6, 6.07) is 10.1. The number of carbonyl (C=O) groups is 2. The molecule has 0 bridgehead atoms. The van der Waals surface area contributed by atoms with Crippen LogP contribution < -0.4 is 5.32 Å². The summed E-state index contributed by atoms with van der Waals surface area (Å²) in [4.78, 5) is 30.0. The Morgan fingerprint density at radius 3 is 2.47 bits per heavy atom. The number of alkyl halides is 1. The van der Waals surface area contributed by atoms with Gasteiger partial charge in [-0.3, -0.25) is 0 Å². The van der Waals surface area contributed by atoms with Crippen molar-refractivity contribution in [1.29, 1.82) is 0 Å². The van der Waals surface area contributed by atoms with Crippen molar-refractivity contribution >= 4 is 20.2 Å². The Hall–Kier alpha value is -2.13. The first-order chi connectivity index (χ1) is 20.5. The van der Waals surface area contributed by atoms with Gasteiger partial charge in [0.15, 0.2) is 0 Å². The number of nitrogens with zero attached hydrogens (tertiary/aromatic N) is 2. The molecule has 0 radical (unpaired) electrons. The minimum Gasteiger partial charge on any atom is -0.450 e. The molecule has 2 fully saturated rings. The van der Waals surface area contributed by atoms with E-state index in [9.17, 15) is 9.59 Å². The summed E-state index contributed by atoms with van der Waals surface area (Å²) in [7, 11) is 2.13. The van der Waals surface area contributed by atoms with Gasteiger partial charge in [-0.1, -0.05) is 82.1 Å². The van der Waals surface area contributed by atoms with E-state index in [0.29, 0.717) is 50.8 Å². The minimum atomic E-state index is -1.50. The number of urea groups is 1. The third kappa shape index (κ3) is 11.7. The van der Waals surface area contributed by atoms with Crippen molar-refractivity contribution in [2.24, 2.45) is 11.8 Å². The Kier molecular flexibility index (Phi) is 14.3. The first-order valence-corrected chi connectivity index (χ1v) is 20.4. The van der Waals surface area contributed by atoms with E-state index in [1.807, 2.05) is 30.3 Å². The lowest BCUT2D eigenvalue weighted by atomic mass is 9.75. The van der Waals surface area contributed by atoms with Gasteiger partial charge in [0.1, 0.15) is 5.67 Å². The third-order valence-corrected chi connectivity index (χ3v) is 11.0. The number of carbonyl (C=O) groups excluding carboxylic acids is 2. The molecule has 1 unspecified atom stereocenters. The highest BCUT2D eigenvalue weighted by molar-refractivity contribution is 6.76. The molecule has 3 rings (SSSR count). The van der Waals surface area contributed by atoms with Crippen molar-refractivity contribution in [1.82, 2.24) is 15.1 Å². The lowest BCUT2D eigenvalue weighted by Gasteiger charge is -2.42. The van der Waals surface area contributed by atoms with Crippen molar-refractivity contribution in [2.45, 2.75) is 108 Å². The average molecular weight is 620 g/mol. The zero-order valence-electron chi connectivity index (χ0n) is 27.5. The Labute approximate surface area is 261 Å². The lowest BCUT2D eigenvalue weighted by molar-refractivity contribution is 0.0206. The quantitative estimate of drug-likeness (QED) is 0.160. The summed E-state index contributed by atoms with van der Waals surface area (Å²) in [5.74, 6) is 0.255. The summed E-state index contributed by atoms with van der Waals surface area (Å²) in [5.41, 5.74) is -0.806. The van der Waals surface area contributed by atoms with Crippen LogP contribution >= 0.6 is 0 Å². The number of methoxy groups -OCH3 is 1. The standard InChI is InChI=1S/C34H58FN3O4Si/c1-37(33(40)42-23-24-43(3,4)5)27-31(25-28-15-8-6-9-16-28)36-32(39)38-21-14-19-30(26-38)34(35,20-12-13-22-41-2)29-17-10-7-11-18-29/h7,10-11,17-18,28,30-31H,6,8-9,12-16,19-27H2,1-5H3,(H,36,39)/t30?,31-,34-/m0/s1. The molecule has 244 valence electrons. The topological polar surface area (TPSA) is 71.1 Å². The van der Waals surface area contributed by atoms with Crippen LogP contribution in [-0.2, 0) is 15.1 Å². The first-order valence-electron chi connectivity index (χ1n) is 16.7. The molecular formula is C34H58FN3O4Si. The van der Waals surface area contributed by atoms with Gasteiger partial charge in [-0.05, 0) is 56.1 Å². The number of halogens is 1. The minimum absolute atomic E-state index is 0.152. The molecule has 1 aliphatic heterocycles. The molecular weight excluding hydrogens is 561 g/mol. The number of hydrogen-bond acceptors (Lipinski definition) is 4. The molecule has 7 nitrogen and oxygen atoms in total. The van der Waals surface area contributed by atoms with E-state index < -0.39 is 13.7 Å². The highest BCUT2D eigenvalue weighted by Gasteiger charge is 2.43. The van der Waals surface area contributed by atoms with Crippen molar-refractivity contribution < 1.29 is 23.5 Å². The molecule has 1 aliphatic carbocycles. The van der Waals surface area contributed by atoms with Crippen molar-refractivity contribution in [3.05, 3.63) is 35.9 Å². The number of benzene rings is 1. The first kappa shape index (κ1) is 35.3. The Morgan fingerprint density at radius 1 is 1.07 bits per heavy atom. The average Bonchev–Trinajstić information content (AvgIpc) is 2.99. The number of amides is 3. The van der Waals surface area contributed by atoms with E-state index in [-0.39, 0.29) is 24.1 Å². The van der Waals surface area contributed by atoms with Gasteiger partial charge in [-0.2, -0.15) is 0 Å². The SMILES string of the molecule is COCCCC[C@](F)(c1ccccc1)C1CCCN(C(=O)N[C@@H](CC2CCCCC2)CN(C)C(=O)OCC[Si](C)(C)C)C1. The highest BCUT2D eigenvalue weighted by Crippen LogP contribution is 2.43. The number of likely N-dealkylation sites (N-methyl/N-ethyl adjacent to an activating group) is 1. The fourth-order valence-electron chi connectivity index (χ4n) is 6.69. The molecule has 1 N–H and O–H groups in total. The number of rotatable bonds is 15. The predicted molar refractivity (Wildman–Crippen MR) is 175 cm³/mol. The van der Waals surface area contributed by atoms with Crippen LogP contribution in [0.2, 0.25) is 25.7 Å². The second kappa shape index (κ2) is 17.4. The summed E-state index contributed by atoms with van der Waals surface area (Å²) in [6.07, 6.45) is 9.99. The van der Waals surface area contributed by atoms with Gasteiger partial charge in [0.25, 0.3) is 0 Å². The zero-order valence-corrected chi connectivity index (χ0v) is 28.5. The van der Waals surface area contributed by atoms with E-state index in [1.54, 1.807) is 24.0 Å². The highest BCUT2D eigenvalue weighted by atomic mass is 28.3. The molecule has 1 saturated carbocycles. The van der Waals surface area contributed by atoms with Gasteiger partial charge in [0.05, 0.1) is 6.61 Å². The third-order valence-electron chi connectivity index (χ3n) is 9.30. The molecule has 1 aromatic carbocycles. The zero-order chi connectivity index (χ0) is 31.3. The van der Waals surface area contributed by atoms with E-state index in [4.69, 9.17) is 9.47 Å². The van der Waals surface area contributed by atoms with Gasteiger partial charge in [0, 0.05) is 60.4 Å². The number of nitrogens with one attached hydrogen (secondary N) is 1. The van der Waals surface area contributed by atoms with Crippen LogP contribution in [0.4, 0.5) is 14.0 Å². The molecule has 1 aromatic rings. The van der Waals surface area contributed by atoms with Gasteiger partial charge < -0.3 is 24.6 Å². The molecule has 3 amide bonds. The van der Waals surface area contributed by atoms with E-state index >= 15 is 4.39 Å². The number of piperidine rings is 1. The normalized spacial score (nSPS) is 20.2. The maximum Gasteiger partial charge on any atom is 0.409 e. The maximum absolute atomic E-state index is 17.0. The molecule has 3 atom stereocenters. The number of ether oxygens (including phenoxy) is 2. The Balaban J connectivity index is 1.67. The molecule has 0 spiro atoms. The molecule has 1 heterocycles. The fraction of sp³-hybridized carbons (Fsp3) is 0.765. The van der Waals surface area contributed by atoms with Crippen LogP contribution in [0.15, 0.2) is 30.3 Å². The second-order valence-electron chi connectivity index (χ2n) is 14.2. The number of hydrogen-bond donors (Lipinski definition) is 1. The summed E-state index contributed by atoms with van der Waals surface area (Å²) >= 11 is 0. The molecule has 1 saturated heterocycles. The molecule has 2 aliphatic rings. The van der Waals surface area contributed by atoms with Gasteiger partial charge in [0.2, 0.25) is 0 Å². The van der Waals surface area contributed by atoms with Crippen LogP contribution in [0.5, 0.6) is 0 Å². The van der Waals surface area contributed by atoms with E-state index in [1.165, 1.54) is 19.3 Å².